The number of rotatable bonds is 4. The summed E-state index contributed by atoms with van der Waals surface area (Å²) in [4.78, 5) is 23.5. The Kier molecular flexibility index (Phi) is 3.24. The standard InChI is InChI=1S/C13H11F3O2/c14-13(15,16)10(12(18)9-6-7-9)11(17)8-4-2-1-3-5-8/h1-5,9-10H,6-7H2. The molecular formula is C13H11F3O2. The largest absolute Gasteiger partial charge is 0.405 e. The van der Waals surface area contributed by atoms with Crippen LogP contribution in [0.5, 0.6) is 0 Å². The molecule has 2 nitrogen and oxygen atoms in total. The molecule has 1 aromatic rings. The van der Waals surface area contributed by atoms with Crippen molar-refractivity contribution in [2.45, 2.75) is 19.0 Å². The van der Waals surface area contributed by atoms with Gasteiger partial charge in [0.05, 0.1) is 0 Å². The van der Waals surface area contributed by atoms with Crippen LogP contribution in [-0.2, 0) is 4.79 Å². The predicted molar refractivity (Wildman–Crippen MR) is 58.0 cm³/mol. The highest BCUT2D eigenvalue weighted by Crippen LogP contribution is 2.39. The minimum Gasteiger partial charge on any atom is -0.298 e. The molecule has 0 saturated heterocycles. The van der Waals surface area contributed by atoms with Gasteiger partial charge in [0.25, 0.3) is 0 Å². The lowest BCUT2D eigenvalue weighted by atomic mass is 9.91. The minimum absolute atomic E-state index is 0.0752. The summed E-state index contributed by atoms with van der Waals surface area (Å²) in [5.74, 6) is -5.24. The van der Waals surface area contributed by atoms with E-state index in [1.165, 1.54) is 24.3 Å². The van der Waals surface area contributed by atoms with Gasteiger partial charge in [0.1, 0.15) is 0 Å². The first-order chi connectivity index (χ1) is 8.41. The minimum atomic E-state index is -4.81. The zero-order valence-electron chi connectivity index (χ0n) is 9.41. The van der Waals surface area contributed by atoms with Gasteiger partial charge < -0.3 is 0 Å². The smallest absolute Gasteiger partial charge is 0.298 e. The molecule has 1 unspecified atom stereocenters. The van der Waals surface area contributed by atoms with Gasteiger partial charge in [0, 0.05) is 11.5 Å². The lowest BCUT2D eigenvalue weighted by molar-refractivity contribution is -0.171. The molecule has 0 bridgehead atoms. The highest BCUT2D eigenvalue weighted by molar-refractivity contribution is 6.12. The number of alkyl halides is 3. The zero-order valence-corrected chi connectivity index (χ0v) is 9.41. The number of carbonyl (C=O) groups is 2. The van der Waals surface area contributed by atoms with Crippen molar-refractivity contribution in [3.63, 3.8) is 0 Å². The van der Waals surface area contributed by atoms with E-state index in [4.69, 9.17) is 0 Å². The van der Waals surface area contributed by atoms with Crippen LogP contribution in [0.4, 0.5) is 13.2 Å². The van der Waals surface area contributed by atoms with Gasteiger partial charge in [-0.2, -0.15) is 13.2 Å². The third-order valence-electron chi connectivity index (χ3n) is 2.91. The molecule has 1 fully saturated rings. The van der Waals surface area contributed by atoms with Crippen molar-refractivity contribution in [1.82, 2.24) is 0 Å². The van der Waals surface area contributed by atoms with Crippen molar-refractivity contribution in [2.75, 3.05) is 0 Å². The first-order valence-corrected chi connectivity index (χ1v) is 5.61. The fraction of sp³-hybridized carbons (Fsp3) is 0.385. The first-order valence-electron chi connectivity index (χ1n) is 5.61. The van der Waals surface area contributed by atoms with E-state index in [9.17, 15) is 22.8 Å². The van der Waals surface area contributed by atoms with E-state index in [-0.39, 0.29) is 5.56 Å². The van der Waals surface area contributed by atoms with Crippen LogP contribution in [0.25, 0.3) is 0 Å². The molecule has 0 aromatic heterocycles. The zero-order chi connectivity index (χ0) is 13.3. The first kappa shape index (κ1) is 12.8. The SMILES string of the molecule is O=C(c1ccccc1)C(C(=O)C1CC1)C(F)(F)F. The molecule has 1 aliphatic rings. The third kappa shape index (κ3) is 2.60. The van der Waals surface area contributed by atoms with Crippen molar-refractivity contribution in [2.24, 2.45) is 11.8 Å². The van der Waals surface area contributed by atoms with Gasteiger partial charge in [0.15, 0.2) is 17.5 Å². The van der Waals surface area contributed by atoms with Gasteiger partial charge in [-0.15, -0.1) is 0 Å². The highest BCUT2D eigenvalue weighted by atomic mass is 19.4. The van der Waals surface area contributed by atoms with Crippen molar-refractivity contribution < 1.29 is 22.8 Å². The van der Waals surface area contributed by atoms with E-state index in [0.29, 0.717) is 12.8 Å². The summed E-state index contributed by atoms with van der Waals surface area (Å²) in [7, 11) is 0. The van der Waals surface area contributed by atoms with Crippen LogP contribution < -0.4 is 0 Å². The number of Topliss-reactive ketones (excluding diaryl/α,β-unsaturated/α-hetero) is 2. The molecule has 1 aromatic carbocycles. The fourth-order valence-corrected chi connectivity index (χ4v) is 1.81. The quantitative estimate of drug-likeness (QED) is 0.613. The average molecular weight is 256 g/mol. The summed E-state index contributed by atoms with van der Waals surface area (Å²) < 4.78 is 38.6. The van der Waals surface area contributed by atoms with Crippen molar-refractivity contribution >= 4 is 11.6 Å². The maximum absolute atomic E-state index is 12.9. The Balaban J connectivity index is 2.29. The Bertz CT molecular complexity index is 461. The van der Waals surface area contributed by atoms with E-state index in [0.717, 1.165) is 0 Å². The number of halogens is 3. The van der Waals surface area contributed by atoms with Crippen LogP contribution in [0.3, 0.4) is 0 Å². The van der Waals surface area contributed by atoms with E-state index in [1.54, 1.807) is 6.07 Å². The molecule has 0 aliphatic heterocycles. The monoisotopic (exact) mass is 256 g/mol. The lowest BCUT2D eigenvalue weighted by Crippen LogP contribution is -2.38. The normalized spacial score (nSPS) is 17.3. The molecule has 0 N–H and O–H groups in total. The van der Waals surface area contributed by atoms with Gasteiger partial charge in [0.2, 0.25) is 0 Å². The molecule has 0 spiro atoms. The molecule has 0 amide bonds. The van der Waals surface area contributed by atoms with Crippen molar-refractivity contribution in [3.8, 4) is 0 Å². The van der Waals surface area contributed by atoms with Crippen LogP contribution in [0, 0.1) is 11.8 Å². The highest BCUT2D eigenvalue weighted by Gasteiger charge is 2.53. The number of hydrogen-bond acceptors (Lipinski definition) is 2. The molecule has 1 atom stereocenters. The van der Waals surface area contributed by atoms with Gasteiger partial charge in [-0.3, -0.25) is 9.59 Å². The molecule has 2 rings (SSSR count). The number of carbonyl (C=O) groups excluding carboxylic acids is 2. The van der Waals surface area contributed by atoms with E-state index < -0.39 is 29.6 Å². The van der Waals surface area contributed by atoms with Crippen LogP contribution in [0.1, 0.15) is 23.2 Å². The molecule has 0 heterocycles. The molecule has 1 aliphatic carbocycles. The van der Waals surface area contributed by atoms with E-state index in [1.807, 2.05) is 0 Å². The van der Waals surface area contributed by atoms with Crippen LogP contribution in [0.2, 0.25) is 0 Å². The number of ketones is 2. The summed E-state index contributed by atoms with van der Waals surface area (Å²) in [5.41, 5.74) is -0.0752. The Hall–Kier alpha value is -1.65. The van der Waals surface area contributed by atoms with Crippen LogP contribution in [-0.4, -0.2) is 17.7 Å². The Morgan fingerprint density at radius 3 is 2.11 bits per heavy atom. The molecular weight excluding hydrogens is 245 g/mol. The second-order valence-corrected chi connectivity index (χ2v) is 4.38. The molecule has 18 heavy (non-hydrogen) atoms. The Morgan fingerprint density at radius 1 is 1.11 bits per heavy atom. The second-order valence-electron chi connectivity index (χ2n) is 4.38. The van der Waals surface area contributed by atoms with Crippen LogP contribution in [0.15, 0.2) is 30.3 Å². The van der Waals surface area contributed by atoms with Crippen LogP contribution >= 0.6 is 0 Å². The average Bonchev–Trinajstić information content (AvgIpc) is 3.12. The van der Waals surface area contributed by atoms with E-state index >= 15 is 0 Å². The maximum Gasteiger partial charge on any atom is 0.405 e. The third-order valence-corrected chi connectivity index (χ3v) is 2.91. The fourth-order valence-electron chi connectivity index (χ4n) is 1.81. The second kappa shape index (κ2) is 4.55. The summed E-state index contributed by atoms with van der Waals surface area (Å²) in [6.07, 6.45) is -3.91. The molecule has 5 heteroatoms. The maximum atomic E-state index is 12.9. The summed E-state index contributed by atoms with van der Waals surface area (Å²) >= 11 is 0. The number of hydrogen-bond donors (Lipinski definition) is 0. The summed E-state index contributed by atoms with van der Waals surface area (Å²) in [6.45, 7) is 0. The van der Waals surface area contributed by atoms with Gasteiger partial charge in [-0.1, -0.05) is 30.3 Å². The van der Waals surface area contributed by atoms with Gasteiger partial charge >= 0.3 is 6.18 Å². The van der Waals surface area contributed by atoms with Crippen molar-refractivity contribution in [3.05, 3.63) is 35.9 Å². The topological polar surface area (TPSA) is 34.1 Å². The lowest BCUT2D eigenvalue weighted by Gasteiger charge is -2.17. The molecule has 0 radical (unpaired) electrons. The predicted octanol–water partition coefficient (Wildman–Crippen LogP) is 3.03. The summed E-state index contributed by atoms with van der Waals surface area (Å²) in [5, 5.41) is 0. The molecule has 96 valence electrons. The summed E-state index contributed by atoms with van der Waals surface area (Å²) in [6, 6.07) is 7.13. The van der Waals surface area contributed by atoms with E-state index in [2.05, 4.69) is 0 Å². The Labute approximate surface area is 102 Å². The molecule has 1 saturated carbocycles. The van der Waals surface area contributed by atoms with Crippen molar-refractivity contribution in [1.29, 1.82) is 0 Å². The van der Waals surface area contributed by atoms with Gasteiger partial charge in [-0.05, 0) is 12.8 Å². The Morgan fingerprint density at radius 2 is 1.67 bits per heavy atom. The number of benzene rings is 1. The van der Waals surface area contributed by atoms with Gasteiger partial charge in [-0.25, -0.2) is 0 Å².